The van der Waals surface area contributed by atoms with Crippen LogP contribution < -0.4 is 10.2 Å². The van der Waals surface area contributed by atoms with Gasteiger partial charge >= 0.3 is 0 Å². The Balaban J connectivity index is 1.56. The van der Waals surface area contributed by atoms with Crippen molar-refractivity contribution in [3.8, 4) is 0 Å². The number of carbonyl (C=O) groups excluding carboxylic acids is 2. The van der Waals surface area contributed by atoms with Crippen LogP contribution in [0.15, 0.2) is 53.5 Å². The number of nitrogens with one attached hydrogen (secondary N) is 1. The molecule has 0 saturated carbocycles. The number of hydrogen-bond donors (Lipinski definition) is 1. The van der Waals surface area contributed by atoms with Crippen LogP contribution in [0.1, 0.15) is 52.4 Å². The Bertz CT molecular complexity index is 954. The van der Waals surface area contributed by atoms with E-state index in [4.69, 9.17) is 0 Å². The average Bonchev–Trinajstić information content (AvgIpc) is 2.72. The fourth-order valence-corrected chi connectivity index (χ4v) is 4.62. The van der Waals surface area contributed by atoms with Crippen molar-refractivity contribution in [1.82, 2.24) is 5.32 Å². The molecule has 0 bridgehead atoms. The molecule has 28 heavy (non-hydrogen) atoms. The molecule has 4 rings (SSSR count). The van der Waals surface area contributed by atoms with E-state index in [9.17, 15) is 9.59 Å². The lowest BCUT2D eigenvalue weighted by Gasteiger charge is -2.29. The Morgan fingerprint density at radius 3 is 2.75 bits per heavy atom. The van der Waals surface area contributed by atoms with E-state index in [0.717, 1.165) is 47.8 Å². The molecular formula is C23H23BrN2O2. The zero-order chi connectivity index (χ0) is 19.7. The van der Waals surface area contributed by atoms with Crippen molar-refractivity contribution in [3.63, 3.8) is 0 Å². The number of amides is 2. The zero-order valence-electron chi connectivity index (χ0n) is 15.7. The second-order valence-electron chi connectivity index (χ2n) is 7.40. The van der Waals surface area contributed by atoms with E-state index >= 15 is 0 Å². The van der Waals surface area contributed by atoms with Crippen molar-refractivity contribution < 1.29 is 9.59 Å². The summed E-state index contributed by atoms with van der Waals surface area (Å²) in [5.41, 5.74) is 5.09. The van der Waals surface area contributed by atoms with Crippen LogP contribution in [0.5, 0.6) is 0 Å². The van der Waals surface area contributed by atoms with Crippen LogP contribution in [0.25, 0.3) is 0 Å². The van der Waals surface area contributed by atoms with Gasteiger partial charge in [-0.25, -0.2) is 0 Å². The molecule has 2 aromatic carbocycles. The van der Waals surface area contributed by atoms with Gasteiger partial charge in [0.1, 0.15) is 0 Å². The van der Waals surface area contributed by atoms with Crippen molar-refractivity contribution in [1.29, 1.82) is 0 Å². The predicted octanol–water partition coefficient (Wildman–Crippen LogP) is 4.72. The lowest BCUT2D eigenvalue weighted by Crippen LogP contribution is -2.34. The third kappa shape index (κ3) is 3.63. The fourth-order valence-electron chi connectivity index (χ4n) is 4.24. The average molecular weight is 439 g/mol. The zero-order valence-corrected chi connectivity index (χ0v) is 17.3. The Labute approximate surface area is 173 Å². The largest absolute Gasteiger partial charge is 0.345 e. The number of halogens is 1. The molecule has 4 nitrogen and oxygen atoms in total. The molecule has 2 amide bonds. The maximum Gasteiger partial charge on any atom is 0.251 e. The Kier molecular flexibility index (Phi) is 5.36. The van der Waals surface area contributed by atoms with E-state index < -0.39 is 0 Å². The summed E-state index contributed by atoms with van der Waals surface area (Å²) in [5, 5.41) is 3.21. The number of rotatable bonds is 3. The molecule has 0 saturated heterocycles. The quantitative estimate of drug-likeness (QED) is 0.704. The third-order valence-corrected chi connectivity index (χ3v) is 6.12. The van der Waals surface area contributed by atoms with Crippen molar-refractivity contribution in [2.45, 2.75) is 38.1 Å². The normalized spacial score (nSPS) is 18.0. The van der Waals surface area contributed by atoms with E-state index in [1.54, 1.807) is 4.90 Å². The van der Waals surface area contributed by atoms with Crippen molar-refractivity contribution in [3.05, 3.63) is 75.8 Å². The van der Waals surface area contributed by atoms with Crippen molar-refractivity contribution in [2.75, 3.05) is 11.4 Å². The van der Waals surface area contributed by atoms with Gasteiger partial charge in [-0.3, -0.25) is 9.59 Å². The van der Waals surface area contributed by atoms with E-state index in [1.807, 2.05) is 18.2 Å². The molecule has 0 spiro atoms. The third-order valence-electron chi connectivity index (χ3n) is 5.63. The van der Waals surface area contributed by atoms with Crippen LogP contribution in [0.2, 0.25) is 0 Å². The standard InChI is InChI=1S/C23H23BrN2O2/c1-2-22(27)26-12-4-6-16-13-17(9-11-21(16)26)23(28)25-20-7-3-5-15-8-10-18(24)14-19(15)20/h2,8-11,13-14,20H,1,3-7,12H2,(H,25,28). The number of hydrogen-bond acceptors (Lipinski definition) is 2. The van der Waals surface area contributed by atoms with Gasteiger partial charge in [-0.05, 0) is 85.2 Å². The molecule has 2 aromatic rings. The van der Waals surface area contributed by atoms with Gasteiger partial charge in [0.15, 0.2) is 0 Å². The maximum absolute atomic E-state index is 12.9. The first-order valence-electron chi connectivity index (χ1n) is 9.73. The smallest absolute Gasteiger partial charge is 0.251 e. The summed E-state index contributed by atoms with van der Waals surface area (Å²) in [7, 11) is 0. The van der Waals surface area contributed by atoms with Gasteiger partial charge in [0, 0.05) is 22.3 Å². The van der Waals surface area contributed by atoms with Gasteiger partial charge < -0.3 is 10.2 Å². The molecule has 2 aliphatic rings. The lowest BCUT2D eigenvalue weighted by atomic mass is 9.87. The molecule has 5 heteroatoms. The van der Waals surface area contributed by atoms with Gasteiger partial charge in [-0.15, -0.1) is 0 Å². The fraction of sp³-hybridized carbons (Fsp3) is 0.304. The van der Waals surface area contributed by atoms with Gasteiger partial charge in [-0.1, -0.05) is 28.6 Å². The van der Waals surface area contributed by atoms with Gasteiger partial charge in [0.05, 0.1) is 6.04 Å². The number of benzene rings is 2. The number of carbonyl (C=O) groups is 2. The Hall–Kier alpha value is -2.40. The molecule has 1 unspecified atom stereocenters. The summed E-state index contributed by atoms with van der Waals surface area (Å²) in [4.78, 5) is 26.8. The van der Waals surface area contributed by atoms with Crippen LogP contribution in [0, 0.1) is 0 Å². The predicted molar refractivity (Wildman–Crippen MR) is 115 cm³/mol. The minimum Gasteiger partial charge on any atom is -0.345 e. The number of aryl methyl sites for hydroxylation is 2. The molecule has 1 heterocycles. The highest BCUT2D eigenvalue weighted by molar-refractivity contribution is 9.10. The molecular weight excluding hydrogens is 416 g/mol. The summed E-state index contributed by atoms with van der Waals surface area (Å²) >= 11 is 3.54. The van der Waals surface area contributed by atoms with Crippen LogP contribution >= 0.6 is 15.9 Å². The van der Waals surface area contributed by atoms with Crippen molar-refractivity contribution in [2.24, 2.45) is 0 Å². The summed E-state index contributed by atoms with van der Waals surface area (Å²) in [6, 6.07) is 12.0. The maximum atomic E-state index is 12.9. The highest BCUT2D eigenvalue weighted by atomic mass is 79.9. The van der Waals surface area contributed by atoms with Crippen LogP contribution in [0.3, 0.4) is 0 Å². The number of fused-ring (bicyclic) bond motifs is 2. The molecule has 1 N–H and O–H groups in total. The minimum absolute atomic E-state index is 0.0311. The first-order valence-corrected chi connectivity index (χ1v) is 10.5. The second kappa shape index (κ2) is 7.92. The Morgan fingerprint density at radius 1 is 1.11 bits per heavy atom. The van der Waals surface area contributed by atoms with E-state index in [2.05, 4.69) is 46.0 Å². The lowest BCUT2D eigenvalue weighted by molar-refractivity contribution is -0.114. The molecule has 0 aromatic heterocycles. The van der Waals surface area contributed by atoms with E-state index in [-0.39, 0.29) is 17.9 Å². The van der Waals surface area contributed by atoms with E-state index in [1.165, 1.54) is 17.2 Å². The Morgan fingerprint density at radius 2 is 1.93 bits per heavy atom. The summed E-state index contributed by atoms with van der Waals surface area (Å²) in [6.07, 6.45) is 6.18. The molecule has 144 valence electrons. The topological polar surface area (TPSA) is 49.4 Å². The van der Waals surface area contributed by atoms with E-state index in [0.29, 0.717) is 12.1 Å². The van der Waals surface area contributed by atoms with Gasteiger partial charge in [-0.2, -0.15) is 0 Å². The molecule has 1 atom stereocenters. The van der Waals surface area contributed by atoms with Crippen molar-refractivity contribution >= 4 is 33.4 Å². The number of anilines is 1. The monoisotopic (exact) mass is 438 g/mol. The van der Waals surface area contributed by atoms with Crippen LogP contribution in [0.4, 0.5) is 5.69 Å². The van der Waals surface area contributed by atoms with Gasteiger partial charge in [0.2, 0.25) is 5.91 Å². The first kappa shape index (κ1) is 18.9. The summed E-state index contributed by atoms with van der Waals surface area (Å²) < 4.78 is 1.04. The molecule has 1 aliphatic carbocycles. The van der Waals surface area contributed by atoms with Gasteiger partial charge in [0.25, 0.3) is 5.91 Å². The van der Waals surface area contributed by atoms with Crippen LogP contribution in [-0.2, 0) is 17.6 Å². The minimum atomic E-state index is -0.0949. The molecule has 0 fully saturated rings. The van der Waals surface area contributed by atoms with Crippen LogP contribution in [-0.4, -0.2) is 18.4 Å². The first-order chi connectivity index (χ1) is 13.6. The SMILES string of the molecule is C=CC(=O)N1CCCc2cc(C(=O)NC3CCCc4ccc(Br)cc43)ccc21. The second-order valence-corrected chi connectivity index (χ2v) is 8.32. The highest BCUT2D eigenvalue weighted by Crippen LogP contribution is 2.33. The number of nitrogens with zero attached hydrogens (tertiary/aromatic N) is 1. The highest BCUT2D eigenvalue weighted by Gasteiger charge is 2.25. The molecule has 0 radical (unpaired) electrons. The summed E-state index contributed by atoms with van der Waals surface area (Å²) in [5.74, 6) is -0.157. The molecule has 1 aliphatic heterocycles. The summed E-state index contributed by atoms with van der Waals surface area (Å²) in [6.45, 7) is 4.28.